The average Bonchev–Trinajstić information content (AvgIpc) is 3.05. The lowest BCUT2D eigenvalue weighted by atomic mass is 10.2. The fraction of sp³-hybridized carbons (Fsp3) is 0.400. The molecular weight excluding hydrogens is 284 g/mol. The Morgan fingerprint density at radius 2 is 2.10 bits per heavy atom. The van der Waals surface area contributed by atoms with E-state index in [9.17, 15) is 4.79 Å². The lowest BCUT2D eigenvalue weighted by molar-refractivity contribution is -0.117. The van der Waals surface area contributed by atoms with E-state index in [1.54, 1.807) is 0 Å². The third-order valence-corrected chi connectivity index (χ3v) is 4.96. The summed E-state index contributed by atoms with van der Waals surface area (Å²) in [4.78, 5) is 14.6. The maximum Gasteiger partial charge on any atom is 0.240 e. The summed E-state index contributed by atoms with van der Waals surface area (Å²) in [7, 11) is 1.92. The Morgan fingerprint density at radius 3 is 2.81 bits per heavy atom. The topological polar surface area (TPSA) is 51.0 Å². The smallest absolute Gasteiger partial charge is 0.240 e. The van der Waals surface area contributed by atoms with E-state index in [2.05, 4.69) is 16.3 Å². The summed E-state index contributed by atoms with van der Waals surface area (Å²) in [6, 6.07) is 8.11. The number of carbonyl (C=O) groups excluding carboxylic acids is 1. The molecule has 0 N–H and O–H groups in total. The van der Waals surface area contributed by atoms with Crippen molar-refractivity contribution in [3.05, 3.63) is 35.7 Å². The van der Waals surface area contributed by atoms with Crippen molar-refractivity contribution in [3.8, 4) is 0 Å². The lowest BCUT2D eigenvalue weighted by Crippen LogP contribution is -2.35. The molecule has 2 heterocycles. The summed E-state index contributed by atoms with van der Waals surface area (Å²) in [5, 5.41) is 8.74. The first-order valence-corrected chi connectivity index (χ1v) is 7.88. The second-order valence-corrected chi connectivity index (χ2v) is 6.53. The Kier molecular flexibility index (Phi) is 3.71. The molecule has 1 aromatic carbocycles. The number of carbonyl (C=O) groups is 1. The van der Waals surface area contributed by atoms with Gasteiger partial charge in [0, 0.05) is 19.3 Å². The molecule has 1 amide bonds. The number of hydrogen-bond acceptors (Lipinski definition) is 4. The number of amides is 1. The number of hydrogen-bond donors (Lipinski definition) is 0. The summed E-state index contributed by atoms with van der Waals surface area (Å²) < 4.78 is 1.91. The number of benzene rings is 1. The van der Waals surface area contributed by atoms with Gasteiger partial charge in [-0.05, 0) is 31.9 Å². The number of aryl methyl sites for hydroxylation is 1. The number of nitrogens with zero attached hydrogens (tertiary/aromatic N) is 4. The molecule has 0 bridgehead atoms. The predicted molar refractivity (Wildman–Crippen MR) is 83.6 cm³/mol. The van der Waals surface area contributed by atoms with E-state index in [0.717, 1.165) is 29.6 Å². The van der Waals surface area contributed by atoms with Crippen molar-refractivity contribution in [1.82, 2.24) is 14.8 Å². The van der Waals surface area contributed by atoms with Crippen LogP contribution in [0.5, 0.6) is 0 Å². The molecule has 0 unspecified atom stereocenters. The molecule has 6 heteroatoms. The number of rotatable bonds is 3. The molecule has 2 aromatic rings. The monoisotopic (exact) mass is 302 g/mol. The summed E-state index contributed by atoms with van der Waals surface area (Å²) in [6.07, 6.45) is 0.933. The summed E-state index contributed by atoms with van der Waals surface area (Å²) in [5.41, 5.74) is 2.29. The van der Waals surface area contributed by atoms with Crippen LogP contribution in [0.3, 0.4) is 0 Å². The first kappa shape index (κ1) is 14.1. The van der Waals surface area contributed by atoms with Gasteiger partial charge >= 0.3 is 0 Å². The molecule has 1 aromatic heterocycles. The highest BCUT2D eigenvalue weighted by atomic mass is 32.2. The van der Waals surface area contributed by atoms with Gasteiger partial charge in [-0.1, -0.05) is 30.0 Å². The maximum atomic E-state index is 12.7. The molecular formula is C15H18N4OS. The first-order valence-electron chi connectivity index (χ1n) is 7.00. The normalized spacial score (nSPS) is 15.1. The van der Waals surface area contributed by atoms with Crippen molar-refractivity contribution in [1.29, 1.82) is 0 Å². The number of fused-ring (bicyclic) bond motifs is 1. The van der Waals surface area contributed by atoms with E-state index in [-0.39, 0.29) is 11.2 Å². The molecule has 1 atom stereocenters. The first-order chi connectivity index (χ1) is 10.1. The highest BCUT2D eigenvalue weighted by Crippen LogP contribution is 2.31. The summed E-state index contributed by atoms with van der Waals surface area (Å²) in [5.74, 6) is 0.981. The summed E-state index contributed by atoms with van der Waals surface area (Å²) in [6.45, 7) is 4.60. The van der Waals surface area contributed by atoms with E-state index < -0.39 is 0 Å². The fourth-order valence-electron chi connectivity index (χ4n) is 2.49. The third-order valence-electron chi connectivity index (χ3n) is 3.84. The van der Waals surface area contributed by atoms with Gasteiger partial charge in [0.2, 0.25) is 5.91 Å². The molecule has 0 radical (unpaired) electrons. The van der Waals surface area contributed by atoms with Crippen molar-refractivity contribution in [3.63, 3.8) is 0 Å². The molecule has 0 aliphatic carbocycles. The van der Waals surface area contributed by atoms with Gasteiger partial charge in [0.15, 0.2) is 5.16 Å². The fourth-order valence-corrected chi connectivity index (χ4v) is 3.41. The number of thioether (sulfide) groups is 1. The minimum atomic E-state index is -0.182. The Balaban J connectivity index is 1.75. The molecule has 0 saturated carbocycles. The number of para-hydroxylation sites is 1. The molecule has 1 aliphatic rings. The second kappa shape index (κ2) is 5.52. The van der Waals surface area contributed by atoms with Crippen LogP contribution in [-0.2, 0) is 18.3 Å². The van der Waals surface area contributed by atoms with Crippen molar-refractivity contribution >= 4 is 23.4 Å². The Morgan fingerprint density at radius 1 is 1.33 bits per heavy atom. The summed E-state index contributed by atoms with van der Waals surface area (Å²) >= 11 is 1.46. The quantitative estimate of drug-likeness (QED) is 0.816. The van der Waals surface area contributed by atoms with Crippen molar-refractivity contribution < 1.29 is 4.79 Å². The SMILES string of the molecule is Cc1nnc(S[C@@H](C)C(=O)N2CCc3ccccc32)n1C. The molecule has 1 aliphatic heterocycles. The van der Waals surface area contributed by atoms with E-state index in [4.69, 9.17) is 0 Å². The zero-order valence-electron chi connectivity index (χ0n) is 12.4. The van der Waals surface area contributed by atoms with Crippen LogP contribution < -0.4 is 4.90 Å². The van der Waals surface area contributed by atoms with Crippen LogP contribution in [0, 0.1) is 6.92 Å². The average molecular weight is 302 g/mol. The molecule has 110 valence electrons. The van der Waals surface area contributed by atoms with Crippen LogP contribution in [0.15, 0.2) is 29.4 Å². The van der Waals surface area contributed by atoms with Gasteiger partial charge in [-0.3, -0.25) is 4.79 Å². The highest BCUT2D eigenvalue weighted by Gasteiger charge is 2.29. The Labute approximate surface area is 128 Å². The molecule has 0 fully saturated rings. The Bertz CT molecular complexity index is 682. The van der Waals surface area contributed by atoms with Crippen molar-refractivity contribution in [2.75, 3.05) is 11.4 Å². The maximum absolute atomic E-state index is 12.7. The van der Waals surface area contributed by atoms with Crippen LogP contribution in [0.1, 0.15) is 18.3 Å². The van der Waals surface area contributed by atoms with E-state index >= 15 is 0 Å². The van der Waals surface area contributed by atoms with E-state index in [1.165, 1.54) is 17.3 Å². The minimum absolute atomic E-state index is 0.130. The van der Waals surface area contributed by atoms with Crippen LogP contribution in [-0.4, -0.2) is 32.5 Å². The van der Waals surface area contributed by atoms with Gasteiger partial charge in [0.1, 0.15) is 5.82 Å². The van der Waals surface area contributed by atoms with E-state index in [0.29, 0.717) is 0 Å². The lowest BCUT2D eigenvalue weighted by Gasteiger charge is -2.21. The zero-order valence-corrected chi connectivity index (χ0v) is 13.2. The third kappa shape index (κ3) is 2.55. The zero-order chi connectivity index (χ0) is 15.0. The molecule has 0 saturated heterocycles. The van der Waals surface area contributed by atoms with E-state index in [1.807, 2.05) is 48.6 Å². The van der Waals surface area contributed by atoms with Gasteiger partial charge in [0.05, 0.1) is 5.25 Å². The standard InChI is InChI=1S/C15H18N4OS/c1-10(21-15-17-16-11(2)18(15)3)14(20)19-9-8-12-6-4-5-7-13(12)19/h4-7,10H,8-9H2,1-3H3/t10-/m0/s1. The number of aromatic nitrogens is 3. The molecule has 0 spiro atoms. The number of anilines is 1. The van der Waals surface area contributed by atoms with Crippen LogP contribution >= 0.6 is 11.8 Å². The van der Waals surface area contributed by atoms with Gasteiger partial charge in [-0.25, -0.2) is 0 Å². The van der Waals surface area contributed by atoms with Crippen molar-refractivity contribution in [2.45, 2.75) is 30.7 Å². The molecule has 5 nitrogen and oxygen atoms in total. The second-order valence-electron chi connectivity index (χ2n) is 5.22. The molecule has 21 heavy (non-hydrogen) atoms. The van der Waals surface area contributed by atoms with Crippen LogP contribution in [0.2, 0.25) is 0 Å². The molecule has 3 rings (SSSR count). The van der Waals surface area contributed by atoms with Gasteiger partial charge in [-0.15, -0.1) is 10.2 Å². The van der Waals surface area contributed by atoms with Gasteiger partial charge in [0.25, 0.3) is 0 Å². The van der Waals surface area contributed by atoms with Gasteiger partial charge < -0.3 is 9.47 Å². The predicted octanol–water partition coefficient (Wildman–Crippen LogP) is 2.19. The largest absolute Gasteiger partial charge is 0.311 e. The van der Waals surface area contributed by atoms with Crippen molar-refractivity contribution in [2.24, 2.45) is 7.05 Å². The van der Waals surface area contributed by atoms with Crippen LogP contribution in [0.4, 0.5) is 5.69 Å². The highest BCUT2D eigenvalue weighted by molar-refractivity contribution is 8.00. The minimum Gasteiger partial charge on any atom is -0.311 e. The Hall–Kier alpha value is -1.82. The van der Waals surface area contributed by atoms with Crippen LogP contribution in [0.25, 0.3) is 0 Å². The van der Waals surface area contributed by atoms with Gasteiger partial charge in [-0.2, -0.15) is 0 Å².